The van der Waals surface area contributed by atoms with Gasteiger partial charge in [-0.15, -0.1) is 21.5 Å². The van der Waals surface area contributed by atoms with Crippen LogP contribution < -0.4 is 4.74 Å². The standard InChI is InChI=1S/C28H26N4O2S2/c1-4-5-14-34-21-12-10-19(11-13-21)25-16-23(22-8-6-7-9-24(22)29-25)27(33)36-28-31-30-26(32(28)3)20-15-18(2)35-17-20/h6-13,15-17H,4-5,14H2,1-3H3. The number of hydrogen-bond donors (Lipinski definition) is 0. The molecule has 0 amide bonds. The number of carbonyl (C=O) groups is 1. The summed E-state index contributed by atoms with van der Waals surface area (Å²) in [4.78, 5) is 19.6. The number of pyridine rings is 1. The number of ether oxygens (including phenoxy) is 1. The monoisotopic (exact) mass is 514 g/mol. The number of hydrogen-bond acceptors (Lipinski definition) is 7. The first-order valence-electron chi connectivity index (χ1n) is 11.8. The third-order valence-electron chi connectivity index (χ3n) is 5.86. The number of benzene rings is 2. The average molecular weight is 515 g/mol. The molecule has 6 nitrogen and oxygen atoms in total. The Balaban J connectivity index is 1.45. The maximum Gasteiger partial charge on any atom is 0.227 e. The zero-order chi connectivity index (χ0) is 25.1. The van der Waals surface area contributed by atoms with Crippen LogP contribution in [0, 0.1) is 6.92 Å². The van der Waals surface area contributed by atoms with Gasteiger partial charge in [0.15, 0.2) is 11.0 Å². The number of para-hydroxylation sites is 1. The highest BCUT2D eigenvalue weighted by molar-refractivity contribution is 8.14. The predicted molar refractivity (Wildman–Crippen MR) is 147 cm³/mol. The van der Waals surface area contributed by atoms with Crippen LogP contribution in [0.4, 0.5) is 0 Å². The van der Waals surface area contributed by atoms with Crippen molar-refractivity contribution in [3.05, 3.63) is 76.5 Å². The quantitative estimate of drug-likeness (QED) is 0.161. The molecule has 2 aromatic carbocycles. The number of rotatable bonds is 8. The summed E-state index contributed by atoms with van der Waals surface area (Å²) in [5.74, 6) is 1.58. The van der Waals surface area contributed by atoms with E-state index in [1.54, 1.807) is 11.3 Å². The van der Waals surface area contributed by atoms with Gasteiger partial charge >= 0.3 is 0 Å². The maximum absolute atomic E-state index is 13.6. The molecular formula is C28H26N4O2S2. The normalized spacial score (nSPS) is 11.2. The summed E-state index contributed by atoms with van der Waals surface area (Å²) in [5, 5.41) is 11.9. The molecule has 5 aromatic rings. The zero-order valence-electron chi connectivity index (χ0n) is 20.4. The molecule has 0 saturated heterocycles. The highest BCUT2D eigenvalue weighted by Gasteiger charge is 2.20. The lowest BCUT2D eigenvalue weighted by Gasteiger charge is -2.10. The van der Waals surface area contributed by atoms with Crippen molar-refractivity contribution in [3.8, 4) is 28.4 Å². The van der Waals surface area contributed by atoms with Gasteiger partial charge in [0.2, 0.25) is 5.12 Å². The van der Waals surface area contributed by atoms with Gasteiger partial charge in [-0.25, -0.2) is 4.98 Å². The molecule has 182 valence electrons. The third-order valence-corrected chi connectivity index (χ3v) is 7.67. The molecule has 0 atom stereocenters. The van der Waals surface area contributed by atoms with Crippen molar-refractivity contribution in [2.75, 3.05) is 6.61 Å². The van der Waals surface area contributed by atoms with Gasteiger partial charge in [0, 0.05) is 39.4 Å². The van der Waals surface area contributed by atoms with E-state index in [2.05, 4.69) is 35.5 Å². The van der Waals surface area contributed by atoms with Crippen LogP contribution in [0.1, 0.15) is 35.0 Å². The number of carbonyl (C=O) groups excluding carboxylic acids is 1. The number of aryl methyl sites for hydroxylation is 1. The smallest absolute Gasteiger partial charge is 0.227 e. The maximum atomic E-state index is 13.6. The van der Waals surface area contributed by atoms with Crippen molar-refractivity contribution in [2.45, 2.75) is 31.8 Å². The van der Waals surface area contributed by atoms with Crippen LogP contribution in [0.5, 0.6) is 5.75 Å². The minimum Gasteiger partial charge on any atom is -0.494 e. The molecule has 5 rings (SSSR count). The summed E-state index contributed by atoms with van der Waals surface area (Å²) in [6, 6.07) is 19.5. The molecule has 0 aliphatic rings. The van der Waals surface area contributed by atoms with E-state index in [0.717, 1.165) is 63.9 Å². The number of unbranched alkanes of at least 4 members (excludes halogenated alkanes) is 1. The largest absolute Gasteiger partial charge is 0.494 e. The van der Waals surface area contributed by atoms with E-state index in [0.29, 0.717) is 17.3 Å². The summed E-state index contributed by atoms with van der Waals surface area (Å²) >= 11 is 2.75. The van der Waals surface area contributed by atoms with Crippen molar-refractivity contribution in [1.82, 2.24) is 19.7 Å². The second-order valence-corrected chi connectivity index (χ2v) is 10.6. The predicted octanol–water partition coefficient (Wildman–Crippen LogP) is 7.18. The van der Waals surface area contributed by atoms with Crippen molar-refractivity contribution < 1.29 is 9.53 Å². The second-order valence-electron chi connectivity index (χ2n) is 8.50. The Morgan fingerprint density at radius 1 is 1.06 bits per heavy atom. The molecule has 3 aromatic heterocycles. The molecule has 0 aliphatic heterocycles. The fraction of sp³-hybridized carbons (Fsp3) is 0.214. The molecule has 0 radical (unpaired) electrons. The number of thioether (sulfide) groups is 1. The van der Waals surface area contributed by atoms with E-state index in [4.69, 9.17) is 9.72 Å². The number of nitrogens with zero attached hydrogens (tertiary/aromatic N) is 4. The molecule has 0 bridgehead atoms. The van der Waals surface area contributed by atoms with Crippen molar-refractivity contribution in [3.63, 3.8) is 0 Å². The molecule has 0 unspecified atom stereocenters. The summed E-state index contributed by atoms with van der Waals surface area (Å²) in [7, 11) is 1.89. The fourth-order valence-corrected chi connectivity index (χ4v) is 5.33. The lowest BCUT2D eigenvalue weighted by molar-refractivity contribution is 0.109. The van der Waals surface area contributed by atoms with Crippen LogP contribution in [0.15, 0.2) is 71.2 Å². The van der Waals surface area contributed by atoms with Crippen LogP contribution in [-0.2, 0) is 7.05 Å². The Kier molecular flexibility index (Phi) is 7.16. The first-order valence-corrected chi connectivity index (χ1v) is 13.5. The summed E-state index contributed by atoms with van der Waals surface area (Å²) in [6.45, 7) is 4.90. The fourth-order valence-electron chi connectivity index (χ4n) is 3.90. The SMILES string of the molecule is CCCCOc1ccc(-c2cc(C(=O)Sc3nnc(-c4csc(C)c4)n3C)c3ccccc3n2)cc1. The third kappa shape index (κ3) is 5.05. The van der Waals surface area contributed by atoms with Gasteiger partial charge in [0.25, 0.3) is 0 Å². The van der Waals surface area contributed by atoms with E-state index in [9.17, 15) is 4.79 Å². The van der Waals surface area contributed by atoms with Crippen molar-refractivity contribution in [2.24, 2.45) is 7.05 Å². The van der Waals surface area contributed by atoms with Gasteiger partial charge in [-0.05, 0) is 67.6 Å². The van der Waals surface area contributed by atoms with Crippen LogP contribution in [-0.4, -0.2) is 31.5 Å². The number of aromatic nitrogens is 4. The highest BCUT2D eigenvalue weighted by atomic mass is 32.2. The van der Waals surface area contributed by atoms with Gasteiger partial charge in [-0.2, -0.15) is 0 Å². The molecule has 8 heteroatoms. The summed E-state index contributed by atoms with van der Waals surface area (Å²) in [5.41, 5.74) is 4.04. The second kappa shape index (κ2) is 10.6. The van der Waals surface area contributed by atoms with Crippen LogP contribution in [0.3, 0.4) is 0 Å². The van der Waals surface area contributed by atoms with E-state index in [1.807, 2.05) is 66.2 Å². The molecule has 0 N–H and O–H groups in total. The lowest BCUT2D eigenvalue weighted by atomic mass is 10.0. The Morgan fingerprint density at radius 3 is 2.61 bits per heavy atom. The van der Waals surface area contributed by atoms with Gasteiger partial charge in [-0.1, -0.05) is 31.5 Å². The lowest BCUT2D eigenvalue weighted by Crippen LogP contribution is -2.01. The minimum atomic E-state index is -0.0991. The minimum absolute atomic E-state index is 0.0991. The molecule has 36 heavy (non-hydrogen) atoms. The van der Waals surface area contributed by atoms with Gasteiger partial charge in [-0.3, -0.25) is 4.79 Å². The highest BCUT2D eigenvalue weighted by Crippen LogP contribution is 2.32. The molecular weight excluding hydrogens is 488 g/mol. The van der Waals surface area contributed by atoms with Crippen molar-refractivity contribution >= 4 is 39.1 Å². The Bertz CT molecular complexity index is 1520. The Labute approximate surface area is 218 Å². The molecule has 0 spiro atoms. The molecule has 0 aliphatic carbocycles. The summed E-state index contributed by atoms with van der Waals surface area (Å²) in [6.07, 6.45) is 2.12. The Morgan fingerprint density at radius 2 is 1.86 bits per heavy atom. The van der Waals surface area contributed by atoms with Crippen LogP contribution >= 0.6 is 23.1 Å². The van der Waals surface area contributed by atoms with Crippen molar-refractivity contribution in [1.29, 1.82) is 0 Å². The van der Waals surface area contributed by atoms with Gasteiger partial charge < -0.3 is 9.30 Å². The number of thiophene rings is 1. The zero-order valence-corrected chi connectivity index (χ0v) is 22.0. The Hall–Kier alpha value is -3.49. The van der Waals surface area contributed by atoms with E-state index < -0.39 is 0 Å². The summed E-state index contributed by atoms with van der Waals surface area (Å²) < 4.78 is 7.66. The van der Waals surface area contributed by atoms with Crippen LogP contribution in [0.2, 0.25) is 0 Å². The molecule has 0 saturated carbocycles. The van der Waals surface area contributed by atoms with Gasteiger partial charge in [0.1, 0.15) is 5.75 Å². The molecule has 3 heterocycles. The van der Waals surface area contributed by atoms with E-state index in [1.165, 1.54) is 4.88 Å². The average Bonchev–Trinajstić information content (AvgIpc) is 3.48. The van der Waals surface area contributed by atoms with Crippen LogP contribution in [0.25, 0.3) is 33.5 Å². The van der Waals surface area contributed by atoms with E-state index >= 15 is 0 Å². The number of fused-ring (bicyclic) bond motifs is 1. The topological polar surface area (TPSA) is 69.9 Å². The van der Waals surface area contributed by atoms with Gasteiger partial charge in [0.05, 0.1) is 17.8 Å². The van der Waals surface area contributed by atoms with E-state index in [-0.39, 0.29) is 5.12 Å². The molecule has 0 fully saturated rings. The first-order chi connectivity index (χ1) is 17.5. The first kappa shape index (κ1) is 24.2.